The van der Waals surface area contributed by atoms with Gasteiger partial charge in [0, 0.05) is 42.5 Å². The lowest BCUT2D eigenvalue weighted by molar-refractivity contribution is -0.0508. The summed E-state index contributed by atoms with van der Waals surface area (Å²) >= 11 is 0. The van der Waals surface area contributed by atoms with Crippen molar-refractivity contribution in [1.29, 1.82) is 0 Å². The average Bonchev–Trinajstić information content (AvgIpc) is 2.84. The molecule has 1 N–H and O–H groups in total. The van der Waals surface area contributed by atoms with Gasteiger partial charge in [0.1, 0.15) is 11.6 Å². The third-order valence-electron chi connectivity index (χ3n) is 3.38. The molecule has 0 radical (unpaired) electrons. The molecule has 0 amide bonds. The predicted octanol–water partition coefficient (Wildman–Crippen LogP) is 3.57. The molecule has 0 saturated carbocycles. The van der Waals surface area contributed by atoms with E-state index in [1.54, 1.807) is 17.8 Å². The summed E-state index contributed by atoms with van der Waals surface area (Å²) in [6.45, 7) is 0.742. The zero-order valence-electron chi connectivity index (χ0n) is 12.6. The second kappa shape index (κ2) is 6.83. The van der Waals surface area contributed by atoms with Gasteiger partial charge >= 0.3 is 6.61 Å². The molecule has 0 saturated heterocycles. The van der Waals surface area contributed by atoms with Crippen molar-refractivity contribution in [2.24, 2.45) is 7.05 Å². The zero-order valence-corrected chi connectivity index (χ0v) is 12.6. The van der Waals surface area contributed by atoms with Crippen molar-refractivity contribution in [2.75, 3.05) is 0 Å². The number of ether oxygens (including phenoxy) is 1. The smallest absolute Gasteiger partial charge is 0.387 e. The van der Waals surface area contributed by atoms with Gasteiger partial charge in [-0.1, -0.05) is 6.07 Å². The van der Waals surface area contributed by atoms with Gasteiger partial charge in [0.15, 0.2) is 0 Å². The van der Waals surface area contributed by atoms with E-state index in [1.807, 2.05) is 20.2 Å². The molecule has 1 heterocycles. The van der Waals surface area contributed by atoms with Crippen molar-refractivity contribution >= 4 is 0 Å². The number of aromatic nitrogens is 2. The predicted molar refractivity (Wildman–Crippen MR) is 76.2 cm³/mol. The number of hydrogen-bond donors (Lipinski definition) is 1. The van der Waals surface area contributed by atoms with E-state index in [0.29, 0.717) is 5.56 Å². The summed E-state index contributed by atoms with van der Waals surface area (Å²) in [5.41, 5.74) is 1.44. The van der Waals surface area contributed by atoms with Crippen LogP contribution in [-0.4, -0.2) is 16.4 Å². The molecule has 0 spiro atoms. The van der Waals surface area contributed by atoms with Crippen LogP contribution in [0.15, 0.2) is 30.6 Å². The number of nitrogens with zero attached hydrogens (tertiary/aromatic N) is 2. The molecule has 2 rings (SSSR count). The van der Waals surface area contributed by atoms with Crippen LogP contribution < -0.4 is 10.1 Å². The molecule has 22 heavy (non-hydrogen) atoms. The molecule has 2 aromatic rings. The highest BCUT2D eigenvalue weighted by Gasteiger charge is 2.18. The Kier molecular flexibility index (Phi) is 5.07. The fourth-order valence-electron chi connectivity index (χ4n) is 2.29. The van der Waals surface area contributed by atoms with Gasteiger partial charge in [-0.25, -0.2) is 4.39 Å². The summed E-state index contributed by atoms with van der Waals surface area (Å²) in [5, 5.41) is 7.35. The molecular weight excluding hydrogens is 295 g/mol. The third kappa shape index (κ3) is 4.00. The van der Waals surface area contributed by atoms with E-state index in [1.165, 1.54) is 12.1 Å². The Morgan fingerprint density at radius 2 is 1.95 bits per heavy atom. The molecule has 1 aromatic carbocycles. The number of halogens is 3. The van der Waals surface area contributed by atoms with Crippen molar-refractivity contribution in [3.05, 3.63) is 47.5 Å². The van der Waals surface area contributed by atoms with E-state index < -0.39 is 12.4 Å². The number of rotatable bonds is 6. The summed E-state index contributed by atoms with van der Waals surface area (Å²) < 4.78 is 44.2. The molecule has 120 valence electrons. The van der Waals surface area contributed by atoms with E-state index in [2.05, 4.69) is 15.2 Å². The van der Waals surface area contributed by atoms with Crippen LogP contribution in [0.2, 0.25) is 0 Å². The SMILES string of the molecule is C[C@@H](N[C@H](C)c1ccc(F)cc1OC(F)F)c1cnn(C)c1. The Balaban J connectivity index is 2.16. The van der Waals surface area contributed by atoms with Crippen molar-refractivity contribution in [3.63, 3.8) is 0 Å². The van der Waals surface area contributed by atoms with Gasteiger partial charge in [-0.05, 0) is 19.9 Å². The lowest BCUT2D eigenvalue weighted by Gasteiger charge is -2.21. The molecule has 0 fully saturated rings. The van der Waals surface area contributed by atoms with Crippen LogP contribution in [0.4, 0.5) is 13.2 Å². The maximum Gasteiger partial charge on any atom is 0.387 e. The molecule has 1 aromatic heterocycles. The Hall–Kier alpha value is -2.02. The molecule has 7 heteroatoms. The van der Waals surface area contributed by atoms with Crippen LogP contribution >= 0.6 is 0 Å². The normalized spacial score (nSPS) is 14.1. The molecule has 0 aliphatic carbocycles. The van der Waals surface area contributed by atoms with Crippen LogP contribution in [0.1, 0.15) is 37.1 Å². The van der Waals surface area contributed by atoms with E-state index in [0.717, 1.165) is 11.6 Å². The van der Waals surface area contributed by atoms with E-state index >= 15 is 0 Å². The van der Waals surface area contributed by atoms with Gasteiger partial charge in [-0.3, -0.25) is 4.68 Å². The Morgan fingerprint density at radius 3 is 2.55 bits per heavy atom. The largest absolute Gasteiger partial charge is 0.434 e. The van der Waals surface area contributed by atoms with Crippen LogP contribution in [0, 0.1) is 5.82 Å². The first-order valence-electron chi connectivity index (χ1n) is 6.85. The summed E-state index contributed by atoms with van der Waals surface area (Å²) in [6, 6.07) is 3.29. The standard InChI is InChI=1S/C15H18F3N3O/c1-9(11-7-19-21(3)8-11)20-10(2)13-5-4-12(16)6-14(13)22-15(17)18/h4-10,15,20H,1-3H3/t9-,10-/m1/s1. The van der Waals surface area contributed by atoms with E-state index in [9.17, 15) is 13.2 Å². The molecule has 0 aliphatic rings. The first-order valence-corrected chi connectivity index (χ1v) is 6.85. The molecule has 0 aliphatic heterocycles. The van der Waals surface area contributed by atoms with Gasteiger partial charge in [0.2, 0.25) is 0 Å². The van der Waals surface area contributed by atoms with Crippen molar-refractivity contribution in [3.8, 4) is 5.75 Å². The third-order valence-corrected chi connectivity index (χ3v) is 3.38. The maximum absolute atomic E-state index is 13.2. The highest BCUT2D eigenvalue weighted by atomic mass is 19.3. The Labute approximate surface area is 126 Å². The molecule has 0 bridgehead atoms. The lowest BCUT2D eigenvalue weighted by atomic mass is 10.0. The fraction of sp³-hybridized carbons (Fsp3) is 0.400. The van der Waals surface area contributed by atoms with Crippen LogP contribution in [0.25, 0.3) is 0 Å². The van der Waals surface area contributed by atoms with Crippen LogP contribution in [-0.2, 0) is 7.05 Å². The minimum Gasteiger partial charge on any atom is -0.434 e. The van der Waals surface area contributed by atoms with E-state index in [-0.39, 0.29) is 17.8 Å². The summed E-state index contributed by atoms with van der Waals surface area (Å²) in [5.74, 6) is -0.778. The van der Waals surface area contributed by atoms with Gasteiger partial charge in [-0.15, -0.1) is 0 Å². The van der Waals surface area contributed by atoms with Crippen molar-refractivity contribution in [2.45, 2.75) is 32.5 Å². The quantitative estimate of drug-likeness (QED) is 0.886. The zero-order chi connectivity index (χ0) is 16.3. The summed E-state index contributed by atoms with van der Waals surface area (Å²) in [7, 11) is 1.81. The number of alkyl halides is 2. The second-order valence-corrected chi connectivity index (χ2v) is 5.12. The topological polar surface area (TPSA) is 39.1 Å². The molecule has 0 unspecified atom stereocenters. The number of nitrogens with one attached hydrogen (secondary N) is 1. The monoisotopic (exact) mass is 313 g/mol. The van der Waals surface area contributed by atoms with Gasteiger partial charge in [0.05, 0.1) is 6.20 Å². The lowest BCUT2D eigenvalue weighted by Crippen LogP contribution is -2.23. The molecule has 4 nitrogen and oxygen atoms in total. The molecular formula is C15H18F3N3O. The highest BCUT2D eigenvalue weighted by molar-refractivity contribution is 5.36. The van der Waals surface area contributed by atoms with E-state index in [4.69, 9.17) is 0 Å². The first-order chi connectivity index (χ1) is 10.4. The Bertz CT molecular complexity index is 630. The first kappa shape index (κ1) is 16.4. The second-order valence-electron chi connectivity index (χ2n) is 5.12. The van der Waals surface area contributed by atoms with Gasteiger partial charge in [0.25, 0.3) is 0 Å². The van der Waals surface area contributed by atoms with Crippen LogP contribution in [0.5, 0.6) is 5.75 Å². The minimum absolute atomic E-state index is 0.0480. The Morgan fingerprint density at radius 1 is 1.23 bits per heavy atom. The summed E-state index contributed by atoms with van der Waals surface area (Å²) in [6.07, 6.45) is 3.59. The summed E-state index contributed by atoms with van der Waals surface area (Å²) in [4.78, 5) is 0. The number of aryl methyl sites for hydroxylation is 1. The number of hydrogen-bond acceptors (Lipinski definition) is 3. The average molecular weight is 313 g/mol. The molecule has 2 atom stereocenters. The van der Waals surface area contributed by atoms with Crippen molar-refractivity contribution in [1.82, 2.24) is 15.1 Å². The number of benzene rings is 1. The van der Waals surface area contributed by atoms with Gasteiger partial charge < -0.3 is 10.1 Å². The maximum atomic E-state index is 13.2. The fourth-order valence-corrected chi connectivity index (χ4v) is 2.29. The minimum atomic E-state index is -3.00. The van der Waals surface area contributed by atoms with Crippen LogP contribution in [0.3, 0.4) is 0 Å². The highest BCUT2D eigenvalue weighted by Crippen LogP contribution is 2.29. The van der Waals surface area contributed by atoms with Crippen molar-refractivity contribution < 1.29 is 17.9 Å². The van der Waals surface area contributed by atoms with Gasteiger partial charge in [-0.2, -0.15) is 13.9 Å².